The number of Topliss-reactive ketones (excluding diaryl/α,β-unsaturated/α-hetero) is 1. The van der Waals surface area contributed by atoms with Crippen molar-refractivity contribution in [3.63, 3.8) is 0 Å². The van der Waals surface area contributed by atoms with Crippen LogP contribution in [0.4, 0.5) is 4.79 Å². The maximum atomic E-state index is 10.7. The van der Waals surface area contributed by atoms with Crippen LogP contribution in [0.2, 0.25) is 0 Å². The minimum absolute atomic E-state index is 0. The number of carbonyl (C=O) groups is 4. The minimum atomic E-state index is -3.20. The zero-order chi connectivity index (χ0) is 28.8. The first-order valence-corrected chi connectivity index (χ1v) is 12.1. The first-order valence-electron chi connectivity index (χ1n) is 10.3. The Kier molecular flexibility index (Phi) is 128. The zero-order valence-electron chi connectivity index (χ0n) is 25.9. The van der Waals surface area contributed by atoms with Crippen LogP contribution < -0.4 is 0 Å². The molecule has 0 amide bonds. The fourth-order valence-electron chi connectivity index (χ4n) is 1.28. The van der Waals surface area contributed by atoms with Gasteiger partial charge < -0.3 is 37.9 Å². The molecule has 8 radical (unpaired) electrons. The molecule has 0 heterocycles. The van der Waals surface area contributed by atoms with Gasteiger partial charge in [-0.15, -0.1) is 0 Å². The van der Waals surface area contributed by atoms with E-state index in [9.17, 15) is 27.6 Å². The van der Waals surface area contributed by atoms with E-state index in [0.717, 1.165) is 0 Å². The first kappa shape index (κ1) is 83.5. The van der Waals surface area contributed by atoms with Crippen LogP contribution in [0.5, 0.6) is 0 Å². The summed E-state index contributed by atoms with van der Waals surface area (Å²) in [7, 11) is 8.47. The van der Waals surface area contributed by atoms with Gasteiger partial charge in [0.2, 0.25) is 0 Å². The molecule has 0 fully saturated rings. The van der Waals surface area contributed by atoms with Crippen LogP contribution in [0.25, 0.3) is 0 Å². The molecular formula is C21H38O14SY8-4. The van der Waals surface area contributed by atoms with Gasteiger partial charge in [-0.05, 0) is 27.7 Å². The van der Waals surface area contributed by atoms with Crippen molar-refractivity contribution in [2.24, 2.45) is 0 Å². The molecule has 0 aromatic carbocycles. The van der Waals surface area contributed by atoms with Crippen LogP contribution >= 0.6 is 0 Å². The summed E-state index contributed by atoms with van der Waals surface area (Å²) in [5.74, 6) is -2.02. The molecule has 0 aliphatic heterocycles. The van der Waals surface area contributed by atoms with Crippen molar-refractivity contribution in [2.45, 2.75) is 34.1 Å². The predicted octanol–water partition coefficient (Wildman–Crippen LogP) is 1.77. The van der Waals surface area contributed by atoms with E-state index in [-0.39, 0.29) is 306 Å². The Morgan fingerprint density at radius 2 is 1.00 bits per heavy atom. The summed E-state index contributed by atoms with van der Waals surface area (Å²) in [6, 6.07) is 0. The van der Waals surface area contributed by atoms with Crippen molar-refractivity contribution in [1.82, 2.24) is 0 Å². The topological polar surface area (TPSA) is 176 Å². The number of carbonyl (C=O) groups excluding carboxylic acids is 4. The van der Waals surface area contributed by atoms with Crippen LogP contribution in [0.3, 0.4) is 0 Å². The van der Waals surface area contributed by atoms with Gasteiger partial charge in [-0.25, -0.2) is 27.4 Å². The van der Waals surface area contributed by atoms with Crippen LogP contribution in [-0.4, -0.2) is 83.8 Å². The van der Waals surface area contributed by atoms with Gasteiger partial charge in [0.15, 0.2) is 21.6 Å². The maximum absolute atomic E-state index is 10.7. The fraction of sp³-hybridized carbons (Fsp3) is 0.619. The summed E-state index contributed by atoms with van der Waals surface area (Å²) in [5, 5.41) is 0. The quantitative estimate of drug-likeness (QED) is 0.107. The Balaban J connectivity index is -0.0000000294. The van der Waals surface area contributed by atoms with E-state index in [1.165, 1.54) is 0 Å². The zero-order valence-corrected chi connectivity index (χ0v) is 49.5. The van der Waals surface area contributed by atoms with E-state index in [1.807, 2.05) is 6.92 Å². The van der Waals surface area contributed by atoms with Crippen molar-refractivity contribution >= 4 is 33.7 Å². The molecule has 0 bridgehead atoms. The molecular weight excluding hydrogens is 1220 g/mol. The van der Waals surface area contributed by atoms with Crippen molar-refractivity contribution in [3.05, 3.63) is 28.4 Å². The molecule has 44 heavy (non-hydrogen) atoms. The molecule has 0 rings (SSSR count). The second-order valence-corrected chi connectivity index (χ2v) is 7.48. The SMILES string of the molecule is [CH2-]OC(=O)CC(=O)OCC.[CH2-]OC(=O)OCC.[CH2-]OCC(=O)COCC.[CH2-]OCS(=O)(=O)COCC.[Y].[Y].[Y].[Y].[Y].[Y].[Y].[Y]. The fourth-order valence-corrected chi connectivity index (χ4v) is 2.03. The van der Waals surface area contributed by atoms with Gasteiger partial charge in [-0.1, -0.05) is 0 Å². The van der Waals surface area contributed by atoms with E-state index >= 15 is 0 Å². The van der Waals surface area contributed by atoms with Gasteiger partial charge in [0.1, 0.15) is 19.0 Å². The molecule has 0 aromatic rings. The number of esters is 2. The maximum Gasteiger partial charge on any atom is 0.475 e. The molecule has 240 valence electrons. The molecule has 0 saturated heterocycles. The monoisotopic (exact) mass is 1260 g/mol. The summed E-state index contributed by atoms with van der Waals surface area (Å²) < 4.78 is 55.9. The van der Waals surface area contributed by atoms with Gasteiger partial charge in [0, 0.05) is 275 Å². The van der Waals surface area contributed by atoms with Gasteiger partial charge in [0.25, 0.3) is 5.97 Å². The van der Waals surface area contributed by atoms with Gasteiger partial charge >= 0.3 is 12.1 Å². The summed E-state index contributed by atoms with van der Waals surface area (Å²) >= 11 is 0. The normalized spacial score (nSPS) is 7.82. The minimum Gasteiger partial charge on any atom is -0.640 e. The van der Waals surface area contributed by atoms with Crippen LogP contribution in [0.15, 0.2) is 0 Å². The molecule has 23 heteroatoms. The average Bonchev–Trinajstić information content (AvgIpc) is 2.83. The van der Waals surface area contributed by atoms with Gasteiger partial charge in [0.05, 0.1) is 19.8 Å². The van der Waals surface area contributed by atoms with Crippen LogP contribution in [0, 0.1) is 28.4 Å². The first-order chi connectivity index (χ1) is 16.9. The molecule has 0 saturated carbocycles. The summed E-state index contributed by atoms with van der Waals surface area (Å²) in [4.78, 5) is 41.2. The Labute approximate surface area is 464 Å². The second-order valence-electron chi connectivity index (χ2n) is 5.53. The van der Waals surface area contributed by atoms with Crippen molar-refractivity contribution in [3.8, 4) is 0 Å². The van der Waals surface area contributed by atoms with Crippen LogP contribution in [0.1, 0.15) is 34.1 Å². The number of sulfone groups is 1. The number of rotatable bonds is 14. The van der Waals surface area contributed by atoms with Crippen molar-refractivity contribution in [2.75, 3.05) is 51.5 Å². The van der Waals surface area contributed by atoms with Crippen LogP contribution in [-0.2, 0) is 324 Å². The number of hydrogen-bond donors (Lipinski definition) is 0. The summed E-state index contributed by atoms with van der Waals surface area (Å²) in [6.07, 6.45) is -1.10. The van der Waals surface area contributed by atoms with E-state index in [4.69, 9.17) is 4.74 Å². The molecule has 0 aliphatic rings. The third-order valence-electron chi connectivity index (χ3n) is 2.60. The Bertz CT molecular complexity index is 679. The van der Waals surface area contributed by atoms with E-state index in [1.54, 1.807) is 20.8 Å². The number of ketones is 1. The van der Waals surface area contributed by atoms with Gasteiger partial charge in [-0.3, -0.25) is 14.4 Å². The number of ether oxygens (including phenoxy) is 8. The second kappa shape index (κ2) is 67.6. The smallest absolute Gasteiger partial charge is 0.475 e. The molecule has 0 aromatic heterocycles. The van der Waals surface area contributed by atoms with E-state index in [0.29, 0.717) is 19.8 Å². The van der Waals surface area contributed by atoms with E-state index in [2.05, 4.69) is 61.6 Å². The molecule has 0 N–H and O–H groups in total. The average molecular weight is 1260 g/mol. The Morgan fingerprint density at radius 1 is 0.545 bits per heavy atom. The third kappa shape index (κ3) is 82.1. The van der Waals surface area contributed by atoms with Crippen molar-refractivity contribution < 1.29 is 327 Å². The van der Waals surface area contributed by atoms with Gasteiger partial charge in [-0.2, -0.15) is 14.2 Å². The molecule has 0 spiro atoms. The Morgan fingerprint density at radius 3 is 1.30 bits per heavy atom. The standard InChI is InChI=1S/C6H9O4.C6H11O3.C5H11O4S.C4H7O3.8Y/c1-3-10-6(8)4-5(7)9-2;1-3-9-5-6(7)4-8-2;1-3-9-5-10(6,7)4-8-2;1-3-7-4(5)6-2;;;;;;;;/h2-4H2,1H3;2-5H2,1H3;2-5H2,1H3;2-3H2,1H3;;;;;;;;/q4*-1;;;;;;;;. The van der Waals surface area contributed by atoms with Crippen molar-refractivity contribution in [1.29, 1.82) is 0 Å². The summed E-state index contributed by atoms with van der Waals surface area (Å²) in [6.45, 7) is 8.62. The molecule has 0 unspecified atom stereocenters. The third-order valence-corrected chi connectivity index (χ3v) is 3.65. The van der Waals surface area contributed by atoms with E-state index < -0.39 is 27.9 Å². The molecule has 14 nitrogen and oxygen atoms in total. The molecule has 0 atom stereocenters. The number of hydrogen-bond acceptors (Lipinski definition) is 14. The Hall–Kier alpha value is 6.50. The largest absolute Gasteiger partial charge is 0.640 e. The summed E-state index contributed by atoms with van der Waals surface area (Å²) in [5.41, 5.74) is 0. The molecule has 0 aliphatic carbocycles. The predicted molar refractivity (Wildman–Crippen MR) is 126 cm³/mol.